The van der Waals surface area contributed by atoms with Gasteiger partial charge in [-0.2, -0.15) is 4.31 Å². The lowest BCUT2D eigenvalue weighted by Crippen LogP contribution is -2.51. The van der Waals surface area contributed by atoms with Crippen LogP contribution in [0.15, 0.2) is 53.4 Å². The molecule has 2 aromatic carbocycles. The summed E-state index contributed by atoms with van der Waals surface area (Å²) < 4.78 is 27.5. The van der Waals surface area contributed by atoms with Gasteiger partial charge in [0.1, 0.15) is 4.90 Å². The van der Waals surface area contributed by atoms with Crippen molar-refractivity contribution in [3.63, 3.8) is 0 Å². The standard InChI is InChI=1S/C21H25ClN2O3S/c1-16-8-10-17(11-9-16)14-23-20(25)21(2)12-5-13-24(15-21)28(26,27)19-7-4-3-6-18(19)22/h3-4,6-11H,5,12-15H2,1-2H3,(H,23,25). The summed E-state index contributed by atoms with van der Waals surface area (Å²) in [6, 6.07) is 14.4. The summed E-state index contributed by atoms with van der Waals surface area (Å²) >= 11 is 6.11. The highest BCUT2D eigenvalue weighted by molar-refractivity contribution is 7.89. The largest absolute Gasteiger partial charge is 0.352 e. The van der Waals surface area contributed by atoms with Crippen LogP contribution in [-0.4, -0.2) is 31.7 Å². The Hall–Kier alpha value is -1.89. The molecule has 1 heterocycles. The van der Waals surface area contributed by atoms with Gasteiger partial charge in [-0.15, -0.1) is 0 Å². The van der Waals surface area contributed by atoms with Gasteiger partial charge in [0.25, 0.3) is 0 Å². The van der Waals surface area contributed by atoms with E-state index in [1.165, 1.54) is 10.4 Å². The third-order valence-electron chi connectivity index (χ3n) is 5.24. The predicted octanol–water partition coefficient (Wildman–Crippen LogP) is 3.76. The van der Waals surface area contributed by atoms with Gasteiger partial charge < -0.3 is 5.32 Å². The molecule has 3 rings (SSSR count). The van der Waals surface area contributed by atoms with Crippen molar-refractivity contribution in [3.05, 3.63) is 64.7 Å². The summed E-state index contributed by atoms with van der Waals surface area (Å²) in [6.07, 6.45) is 1.26. The number of benzene rings is 2. The van der Waals surface area contributed by atoms with E-state index in [0.717, 1.165) is 11.1 Å². The van der Waals surface area contributed by atoms with E-state index < -0.39 is 15.4 Å². The fourth-order valence-corrected chi connectivity index (χ4v) is 5.57. The van der Waals surface area contributed by atoms with Crippen LogP contribution in [0.25, 0.3) is 0 Å². The number of nitrogens with zero attached hydrogens (tertiary/aromatic N) is 1. The Balaban J connectivity index is 1.72. The first-order chi connectivity index (χ1) is 13.2. The summed E-state index contributed by atoms with van der Waals surface area (Å²) in [7, 11) is -3.75. The van der Waals surface area contributed by atoms with Crippen LogP contribution in [0, 0.1) is 12.3 Å². The number of rotatable bonds is 5. The van der Waals surface area contributed by atoms with Gasteiger partial charge in [0.15, 0.2) is 0 Å². The summed E-state index contributed by atoms with van der Waals surface area (Å²) in [5.74, 6) is -0.132. The molecule has 7 heteroatoms. The number of piperidine rings is 1. The third kappa shape index (κ3) is 4.40. The minimum Gasteiger partial charge on any atom is -0.352 e. The fourth-order valence-electron chi connectivity index (χ4n) is 3.48. The Labute approximate surface area is 171 Å². The van der Waals surface area contributed by atoms with Crippen LogP contribution in [0.2, 0.25) is 5.02 Å². The lowest BCUT2D eigenvalue weighted by molar-refractivity contribution is -0.132. The van der Waals surface area contributed by atoms with Gasteiger partial charge in [0.2, 0.25) is 15.9 Å². The van der Waals surface area contributed by atoms with Crippen molar-refractivity contribution in [2.24, 2.45) is 5.41 Å². The fraction of sp³-hybridized carbons (Fsp3) is 0.381. The summed E-state index contributed by atoms with van der Waals surface area (Å²) in [5.41, 5.74) is 1.39. The Morgan fingerprint density at radius 1 is 1.18 bits per heavy atom. The molecule has 0 saturated carbocycles. The van der Waals surface area contributed by atoms with Crippen LogP contribution in [-0.2, 0) is 21.4 Å². The minimum absolute atomic E-state index is 0.0842. The quantitative estimate of drug-likeness (QED) is 0.800. The Morgan fingerprint density at radius 2 is 1.86 bits per heavy atom. The number of aryl methyl sites for hydroxylation is 1. The molecule has 150 valence electrons. The number of halogens is 1. The SMILES string of the molecule is Cc1ccc(CNC(=O)C2(C)CCCN(S(=O)(=O)c3ccccc3Cl)C2)cc1. The molecule has 1 aliphatic heterocycles. The maximum absolute atomic E-state index is 13.0. The van der Waals surface area contributed by atoms with Crippen molar-refractivity contribution < 1.29 is 13.2 Å². The average molecular weight is 421 g/mol. The van der Waals surface area contributed by atoms with Crippen molar-refractivity contribution in [3.8, 4) is 0 Å². The second kappa shape index (κ2) is 8.23. The molecule has 0 radical (unpaired) electrons. The Bertz CT molecular complexity index is 960. The molecule has 5 nitrogen and oxygen atoms in total. The zero-order valence-electron chi connectivity index (χ0n) is 16.1. The lowest BCUT2D eigenvalue weighted by atomic mass is 9.82. The number of sulfonamides is 1. The first-order valence-corrected chi connectivity index (χ1v) is 11.1. The number of hydrogen-bond acceptors (Lipinski definition) is 3. The number of amides is 1. The van der Waals surface area contributed by atoms with Crippen molar-refractivity contribution in [2.75, 3.05) is 13.1 Å². The molecule has 1 aliphatic rings. The van der Waals surface area contributed by atoms with Crippen LogP contribution < -0.4 is 5.32 Å². The smallest absolute Gasteiger partial charge is 0.244 e. The second-order valence-electron chi connectivity index (χ2n) is 7.60. The molecule has 1 amide bonds. The summed E-state index contributed by atoms with van der Waals surface area (Å²) in [4.78, 5) is 13.0. The van der Waals surface area contributed by atoms with E-state index in [2.05, 4.69) is 5.32 Å². The first-order valence-electron chi connectivity index (χ1n) is 9.31. The normalized spacial score (nSPS) is 20.7. The molecular weight excluding hydrogens is 396 g/mol. The van der Waals surface area contributed by atoms with E-state index >= 15 is 0 Å². The lowest BCUT2D eigenvalue weighted by Gasteiger charge is -2.38. The first kappa shape index (κ1) is 20.8. The van der Waals surface area contributed by atoms with E-state index in [-0.39, 0.29) is 22.4 Å². The molecular formula is C21H25ClN2O3S. The van der Waals surface area contributed by atoms with Gasteiger partial charge in [-0.1, -0.05) is 53.6 Å². The molecule has 0 spiro atoms. The van der Waals surface area contributed by atoms with E-state index in [4.69, 9.17) is 11.6 Å². The number of carbonyl (C=O) groups excluding carboxylic acids is 1. The Kier molecular flexibility index (Phi) is 6.12. The predicted molar refractivity (Wildman–Crippen MR) is 111 cm³/mol. The van der Waals surface area contributed by atoms with E-state index in [1.54, 1.807) is 18.2 Å². The highest BCUT2D eigenvalue weighted by Gasteiger charge is 2.42. The van der Waals surface area contributed by atoms with Crippen LogP contribution >= 0.6 is 11.6 Å². The van der Waals surface area contributed by atoms with Gasteiger partial charge >= 0.3 is 0 Å². The van der Waals surface area contributed by atoms with Crippen LogP contribution in [0.1, 0.15) is 30.9 Å². The van der Waals surface area contributed by atoms with Crippen molar-refractivity contribution in [1.82, 2.24) is 9.62 Å². The minimum atomic E-state index is -3.75. The van der Waals surface area contributed by atoms with Gasteiger partial charge in [0.05, 0.1) is 10.4 Å². The van der Waals surface area contributed by atoms with Crippen LogP contribution in [0.3, 0.4) is 0 Å². The van der Waals surface area contributed by atoms with Crippen molar-refractivity contribution in [2.45, 2.75) is 38.1 Å². The molecule has 0 aliphatic carbocycles. The molecule has 1 saturated heterocycles. The highest BCUT2D eigenvalue weighted by atomic mass is 35.5. The maximum atomic E-state index is 13.0. The van der Waals surface area contributed by atoms with Gasteiger partial charge in [-0.25, -0.2) is 8.42 Å². The molecule has 2 aromatic rings. The van der Waals surface area contributed by atoms with Gasteiger partial charge in [0, 0.05) is 19.6 Å². The molecule has 1 fully saturated rings. The second-order valence-corrected chi connectivity index (χ2v) is 9.92. The average Bonchev–Trinajstić information content (AvgIpc) is 2.67. The van der Waals surface area contributed by atoms with Crippen molar-refractivity contribution in [1.29, 1.82) is 0 Å². The van der Waals surface area contributed by atoms with Crippen LogP contribution in [0.5, 0.6) is 0 Å². The third-order valence-corrected chi connectivity index (χ3v) is 7.58. The summed E-state index contributed by atoms with van der Waals surface area (Å²) in [6.45, 7) is 4.78. The van der Waals surface area contributed by atoms with E-state index in [0.29, 0.717) is 25.9 Å². The zero-order chi connectivity index (χ0) is 20.4. The monoisotopic (exact) mass is 420 g/mol. The molecule has 1 N–H and O–H groups in total. The van der Waals surface area contributed by atoms with Crippen LogP contribution in [0.4, 0.5) is 0 Å². The number of nitrogens with one attached hydrogen (secondary N) is 1. The van der Waals surface area contributed by atoms with Crippen molar-refractivity contribution >= 4 is 27.5 Å². The molecule has 1 atom stereocenters. The number of hydrogen-bond donors (Lipinski definition) is 1. The molecule has 0 aromatic heterocycles. The van der Waals surface area contributed by atoms with Gasteiger partial charge in [-0.05, 0) is 44.4 Å². The molecule has 1 unspecified atom stereocenters. The maximum Gasteiger partial charge on any atom is 0.244 e. The highest BCUT2D eigenvalue weighted by Crippen LogP contribution is 2.34. The number of carbonyl (C=O) groups is 1. The van der Waals surface area contributed by atoms with Gasteiger partial charge in [-0.3, -0.25) is 4.79 Å². The van der Waals surface area contributed by atoms with E-state index in [1.807, 2.05) is 38.1 Å². The Morgan fingerprint density at radius 3 is 2.54 bits per heavy atom. The summed E-state index contributed by atoms with van der Waals surface area (Å²) in [5, 5.41) is 3.16. The molecule has 28 heavy (non-hydrogen) atoms. The van der Waals surface area contributed by atoms with E-state index in [9.17, 15) is 13.2 Å². The zero-order valence-corrected chi connectivity index (χ0v) is 17.7. The molecule has 0 bridgehead atoms. The topological polar surface area (TPSA) is 66.5 Å².